The molecule has 1 amide bonds. The molecule has 0 aliphatic heterocycles. The highest BCUT2D eigenvalue weighted by molar-refractivity contribution is 5.92. The molecule has 0 saturated heterocycles. The van der Waals surface area contributed by atoms with Crippen molar-refractivity contribution in [1.82, 2.24) is 10.3 Å². The first-order valence-electron chi connectivity index (χ1n) is 7.62. The van der Waals surface area contributed by atoms with Crippen LogP contribution < -0.4 is 11.1 Å². The average Bonchev–Trinajstić information content (AvgIpc) is 2.91. The number of hydrogen-bond donors (Lipinski definition) is 2. The Morgan fingerprint density at radius 2 is 2.20 bits per heavy atom. The first-order chi connectivity index (χ1) is 9.60. The molecule has 1 aromatic heterocycles. The van der Waals surface area contributed by atoms with E-state index >= 15 is 0 Å². The van der Waals surface area contributed by atoms with Crippen LogP contribution in [0.1, 0.15) is 74.8 Å². The fraction of sp³-hybridized carbons (Fsp3) is 0.733. The Bertz CT molecular complexity index is 436. The predicted octanol–water partition coefficient (Wildman–Crippen LogP) is 2.78. The van der Waals surface area contributed by atoms with E-state index in [1.54, 1.807) is 0 Å². The minimum atomic E-state index is -0.225. The van der Waals surface area contributed by atoms with Gasteiger partial charge in [0.25, 0.3) is 5.91 Å². The zero-order chi connectivity index (χ0) is 14.5. The number of amides is 1. The lowest BCUT2D eigenvalue weighted by atomic mass is 9.87. The van der Waals surface area contributed by atoms with Crippen molar-refractivity contribution in [3.05, 3.63) is 17.8 Å². The third-order valence-electron chi connectivity index (χ3n) is 4.02. The minimum Gasteiger partial charge on any atom is -0.446 e. The molecule has 1 atom stereocenters. The van der Waals surface area contributed by atoms with Crippen LogP contribution in [0.15, 0.2) is 10.7 Å². The summed E-state index contributed by atoms with van der Waals surface area (Å²) in [6, 6.07) is 0.0419. The van der Waals surface area contributed by atoms with E-state index in [0.29, 0.717) is 11.6 Å². The van der Waals surface area contributed by atoms with Gasteiger partial charge in [0, 0.05) is 6.04 Å². The molecule has 1 aliphatic rings. The number of hydrogen-bond acceptors (Lipinski definition) is 4. The van der Waals surface area contributed by atoms with E-state index in [0.717, 1.165) is 31.6 Å². The highest BCUT2D eigenvalue weighted by atomic mass is 16.3. The van der Waals surface area contributed by atoms with Crippen molar-refractivity contribution in [2.45, 2.75) is 64.5 Å². The van der Waals surface area contributed by atoms with Crippen LogP contribution in [-0.2, 0) is 0 Å². The van der Waals surface area contributed by atoms with Crippen molar-refractivity contribution < 1.29 is 9.21 Å². The Kier molecular flexibility index (Phi) is 5.17. The van der Waals surface area contributed by atoms with Crippen LogP contribution in [0.25, 0.3) is 0 Å². The van der Waals surface area contributed by atoms with Gasteiger partial charge >= 0.3 is 0 Å². The van der Waals surface area contributed by atoms with E-state index in [2.05, 4.69) is 24.1 Å². The molecule has 1 saturated carbocycles. The first kappa shape index (κ1) is 15.0. The van der Waals surface area contributed by atoms with Gasteiger partial charge in [-0.3, -0.25) is 4.79 Å². The molecule has 5 heteroatoms. The van der Waals surface area contributed by atoms with Gasteiger partial charge in [-0.25, -0.2) is 4.98 Å². The number of aromatic nitrogens is 1. The standard InChI is InChI=1S/C15H25N3O2/c1-3-4-12(16)15-18-13(9-20-15)14(19)17-11-7-5-10(2)6-8-11/h9-12H,3-8,16H2,1-2H3,(H,17,19). The lowest BCUT2D eigenvalue weighted by Crippen LogP contribution is -2.37. The maximum absolute atomic E-state index is 12.1. The normalized spacial score (nSPS) is 24.4. The summed E-state index contributed by atoms with van der Waals surface area (Å²) in [5.41, 5.74) is 6.27. The second kappa shape index (κ2) is 6.88. The highest BCUT2D eigenvalue weighted by Crippen LogP contribution is 2.23. The molecule has 1 aromatic rings. The topological polar surface area (TPSA) is 81.1 Å². The zero-order valence-electron chi connectivity index (χ0n) is 12.4. The number of oxazole rings is 1. The molecule has 3 N–H and O–H groups in total. The van der Waals surface area contributed by atoms with E-state index < -0.39 is 0 Å². The third kappa shape index (κ3) is 3.82. The number of nitrogens with one attached hydrogen (secondary N) is 1. The van der Waals surface area contributed by atoms with E-state index in [1.807, 2.05) is 0 Å². The Morgan fingerprint density at radius 3 is 2.85 bits per heavy atom. The second-order valence-corrected chi connectivity index (χ2v) is 5.90. The molecule has 1 fully saturated rings. The van der Waals surface area contributed by atoms with Crippen LogP contribution in [-0.4, -0.2) is 16.9 Å². The van der Waals surface area contributed by atoms with Crippen LogP contribution in [0.5, 0.6) is 0 Å². The lowest BCUT2D eigenvalue weighted by molar-refractivity contribution is 0.0918. The van der Waals surface area contributed by atoms with Gasteiger partial charge in [-0.05, 0) is 38.0 Å². The van der Waals surface area contributed by atoms with E-state index in [1.165, 1.54) is 19.1 Å². The fourth-order valence-corrected chi connectivity index (χ4v) is 2.66. The van der Waals surface area contributed by atoms with Crippen LogP contribution in [0.3, 0.4) is 0 Å². The Hall–Kier alpha value is -1.36. The molecule has 20 heavy (non-hydrogen) atoms. The molecular formula is C15H25N3O2. The zero-order valence-corrected chi connectivity index (χ0v) is 12.4. The summed E-state index contributed by atoms with van der Waals surface area (Å²) in [7, 11) is 0. The summed E-state index contributed by atoms with van der Waals surface area (Å²) in [6.45, 7) is 4.32. The molecule has 0 radical (unpaired) electrons. The van der Waals surface area contributed by atoms with E-state index in [-0.39, 0.29) is 18.0 Å². The van der Waals surface area contributed by atoms with Crippen molar-refractivity contribution in [1.29, 1.82) is 0 Å². The number of rotatable bonds is 5. The van der Waals surface area contributed by atoms with Gasteiger partial charge in [0.15, 0.2) is 5.69 Å². The molecule has 0 bridgehead atoms. The van der Waals surface area contributed by atoms with Gasteiger partial charge in [0.1, 0.15) is 6.26 Å². The predicted molar refractivity (Wildman–Crippen MR) is 77.2 cm³/mol. The summed E-state index contributed by atoms with van der Waals surface area (Å²) in [5, 5.41) is 3.04. The van der Waals surface area contributed by atoms with Gasteiger partial charge < -0.3 is 15.5 Å². The SMILES string of the molecule is CCCC(N)c1nc(C(=O)NC2CCC(C)CC2)co1. The molecule has 0 spiro atoms. The smallest absolute Gasteiger partial charge is 0.273 e. The molecule has 1 heterocycles. The lowest BCUT2D eigenvalue weighted by Gasteiger charge is -2.26. The molecule has 1 aliphatic carbocycles. The van der Waals surface area contributed by atoms with Crippen molar-refractivity contribution in [2.24, 2.45) is 11.7 Å². The number of carbonyl (C=O) groups is 1. The monoisotopic (exact) mass is 279 g/mol. The highest BCUT2D eigenvalue weighted by Gasteiger charge is 2.22. The van der Waals surface area contributed by atoms with Gasteiger partial charge in [-0.15, -0.1) is 0 Å². The molecular weight excluding hydrogens is 254 g/mol. The summed E-state index contributed by atoms with van der Waals surface area (Å²) in [6.07, 6.45) is 7.63. The average molecular weight is 279 g/mol. The summed E-state index contributed by atoms with van der Waals surface area (Å²) in [5.74, 6) is 1.08. The van der Waals surface area contributed by atoms with Crippen LogP contribution in [0.4, 0.5) is 0 Å². The van der Waals surface area contributed by atoms with Crippen molar-refractivity contribution in [3.63, 3.8) is 0 Å². The van der Waals surface area contributed by atoms with Crippen LogP contribution in [0.2, 0.25) is 0 Å². The van der Waals surface area contributed by atoms with Crippen LogP contribution >= 0.6 is 0 Å². The van der Waals surface area contributed by atoms with E-state index in [4.69, 9.17) is 10.2 Å². The second-order valence-electron chi connectivity index (χ2n) is 5.90. The number of nitrogens with two attached hydrogens (primary N) is 1. The molecule has 5 nitrogen and oxygen atoms in total. The van der Waals surface area contributed by atoms with E-state index in [9.17, 15) is 4.79 Å². The molecule has 1 unspecified atom stereocenters. The minimum absolute atomic E-state index is 0.150. The first-order valence-corrected chi connectivity index (χ1v) is 7.62. The number of carbonyl (C=O) groups excluding carboxylic acids is 1. The summed E-state index contributed by atoms with van der Waals surface area (Å²) >= 11 is 0. The van der Waals surface area contributed by atoms with Gasteiger partial charge in [0.2, 0.25) is 5.89 Å². The Balaban J connectivity index is 1.89. The Morgan fingerprint density at radius 1 is 1.50 bits per heavy atom. The molecule has 0 aromatic carbocycles. The van der Waals surface area contributed by atoms with Gasteiger partial charge in [-0.2, -0.15) is 0 Å². The van der Waals surface area contributed by atoms with Crippen molar-refractivity contribution >= 4 is 5.91 Å². The summed E-state index contributed by atoms with van der Waals surface area (Å²) < 4.78 is 5.31. The van der Waals surface area contributed by atoms with Gasteiger partial charge in [0.05, 0.1) is 6.04 Å². The maximum Gasteiger partial charge on any atom is 0.273 e. The summed E-state index contributed by atoms with van der Waals surface area (Å²) in [4.78, 5) is 16.3. The third-order valence-corrected chi connectivity index (χ3v) is 4.02. The maximum atomic E-state index is 12.1. The fourth-order valence-electron chi connectivity index (χ4n) is 2.66. The van der Waals surface area contributed by atoms with Crippen LogP contribution in [0, 0.1) is 5.92 Å². The quantitative estimate of drug-likeness (QED) is 0.868. The Labute approximate surface area is 120 Å². The van der Waals surface area contributed by atoms with Crippen molar-refractivity contribution in [2.75, 3.05) is 0 Å². The largest absolute Gasteiger partial charge is 0.446 e. The number of nitrogens with zero attached hydrogens (tertiary/aromatic N) is 1. The molecule has 112 valence electrons. The van der Waals surface area contributed by atoms with Crippen molar-refractivity contribution in [3.8, 4) is 0 Å². The molecule has 2 rings (SSSR count). The van der Waals surface area contributed by atoms with Gasteiger partial charge in [-0.1, -0.05) is 20.3 Å².